The van der Waals surface area contributed by atoms with Gasteiger partial charge in [0, 0.05) is 0 Å². The van der Waals surface area contributed by atoms with Gasteiger partial charge in [0.25, 0.3) is 6.40 Å². The Bertz CT molecular complexity index is 123. The van der Waals surface area contributed by atoms with Gasteiger partial charge in [-0.3, -0.25) is 0 Å². The predicted molar refractivity (Wildman–Crippen MR) is 36.6 cm³/mol. The lowest BCUT2D eigenvalue weighted by Crippen LogP contribution is -2.25. The minimum atomic E-state index is 0.226. The quantitative estimate of drug-likeness (QED) is 0.480. The Kier molecular flexibility index (Phi) is 1.47. The Morgan fingerprint density at radius 3 is 2.44 bits per heavy atom. The summed E-state index contributed by atoms with van der Waals surface area (Å²) in [7, 11) is 0. The van der Waals surface area contributed by atoms with Gasteiger partial charge in [0.05, 0.1) is 6.04 Å². The zero-order chi connectivity index (χ0) is 6.91. The molecule has 0 bridgehead atoms. The van der Waals surface area contributed by atoms with Crippen molar-refractivity contribution in [2.75, 3.05) is 6.61 Å². The molecule has 51 valence electrons. The fraction of sp³-hybridized carbons (Fsp3) is 0.857. The Morgan fingerprint density at radius 2 is 2.22 bits per heavy atom. The van der Waals surface area contributed by atoms with Gasteiger partial charge in [-0.1, -0.05) is 20.8 Å². The predicted octanol–water partition coefficient (Wildman–Crippen LogP) is 1.34. The molecule has 0 aliphatic carbocycles. The van der Waals surface area contributed by atoms with Crippen LogP contribution in [0, 0.1) is 5.41 Å². The minimum absolute atomic E-state index is 0.226. The first kappa shape index (κ1) is 6.59. The molecule has 0 spiro atoms. The second-order valence-corrected chi connectivity index (χ2v) is 3.41. The molecular formula is C7H12NO. The SMILES string of the molecule is CC(C)(C)[C@H]1CO[C]=N1. The maximum Gasteiger partial charge on any atom is 0.273 e. The van der Waals surface area contributed by atoms with Crippen LogP contribution in [0.2, 0.25) is 0 Å². The molecule has 2 heteroatoms. The third-order valence-electron chi connectivity index (χ3n) is 1.51. The second-order valence-electron chi connectivity index (χ2n) is 3.41. The van der Waals surface area contributed by atoms with Crippen LogP contribution >= 0.6 is 0 Å². The van der Waals surface area contributed by atoms with Crippen molar-refractivity contribution in [3.63, 3.8) is 0 Å². The van der Waals surface area contributed by atoms with Gasteiger partial charge in [0.2, 0.25) is 0 Å². The van der Waals surface area contributed by atoms with Crippen molar-refractivity contribution in [2.24, 2.45) is 10.4 Å². The second kappa shape index (κ2) is 2.01. The molecule has 1 aliphatic rings. The molecule has 0 aromatic heterocycles. The summed E-state index contributed by atoms with van der Waals surface area (Å²) in [6, 6.07) is 0.303. The molecule has 1 aliphatic heterocycles. The van der Waals surface area contributed by atoms with Crippen molar-refractivity contribution >= 4 is 6.40 Å². The van der Waals surface area contributed by atoms with E-state index in [1.807, 2.05) is 0 Å². The molecule has 0 aromatic carbocycles. The summed E-state index contributed by atoms with van der Waals surface area (Å²) in [6.07, 6.45) is 2.50. The van der Waals surface area contributed by atoms with E-state index in [9.17, 15) is 0 Å². The average molecular weight is 126 g/mol. The summed E-state index contributed by atoms with van der Waals surface area (Å²) in [5, 5.41) is 0. The first-order valence-corrected chi connectivity index (χ1v) is 3.17. The minimum Gasteiger partial charge on any atom is -0.472 e. The zero-order valence-electron chi connectivity index (χ0n) is 6.14. The highest BCUT2D eigenvalue weighted by Crippen LogP contribution is 2.23. The third kappa shape index (κ3) is 1.44. The van der Waals surface area contributed by atoms with Crippen LogP contribution in [0.4, 0.5) is 0 Å². The molecule has 0 saturated heterocycles. The number of rotatable bonds is 0. The van der Waals surface area contributed by atoms with E-state index in [0.717, 1.165) is 0 Å². The van der Waals surface area contributed by atoms with Crippen LogP contribution in [-0.2, 0) is 4.74 Å². The van der Waals surface area contributed by atoms with Gasteiger partial charge in [-0.2, -0.15) is 0 Å². The Labute approximate surface area is 55.9 Å². The summed E-state index contributed by atoms with van der Waals surface area (Å²) < 4.78 is 4.87. The van der Waals surface area contributed by atoms with E-state index in [-0.39, 0.29) is 5.41 Å². The fourth-order valence-corrected chi connectivity index (χ4v) is 0.698. The summed E-state index contributed by atoms with van der Waals surface area (Å²) in [5.74, 6) is 0. The van der Waals surface area contributed by atoms with Crippen LogP contribution in [-0.4, -0.2) is 19.0 Å². The molecule has 1 rings (SSSR count). The summed E-state index contributed by atoms with van der Waals surface area (Å²) in [6.45, 7) is 7.15. The molecule has 1 heterocycles. The average Bonchev–Trinajstić information content (AvgIpc) is 2.08. The van der Waals surface area contributed by atoms with Crippen LogP contribution in [0.5, 0.6) is 0 Å². The topological polar surface area (TPSA) is 21.6 Å². The lowest BCUT2D eigenvalue weighted by Gasteiger charge is -2.21. The van der Waals surface area contributed by atoms with Crippen LogP contribution in [0.3, 0.4) is 0 Å². The van der Waals surface area contributed by atoms with E-state index in [0.29, 0.717) is 12.6 Å². The molecule has 0 amide bonds. The van der Waals surface area contributed by atoms with Crippen molar-refractivity contribution in [2.45, 2.75) is 26.8 Å². The van der Waals surface area contributed by atoms with Crippen molar-refractivity contribution in [1.29, 1.82) is 0 Å². The van der Waals surface area contributed by atoms with Gasteiger partial charge in [-0.15, -0.1) is 0 Å². The van der Waals surface area contributed by atoms with Gasteiger partial charge in [-0.25, -0.2) is 4.99 Å². The smallest absolute Gasteiger partial charge is 0.273 e. The molecule has 0 unspecified atom stereocenters. The largest absolute Gasteiger partial charge is 0.472 e. The molecule has 2 nitrogen and oxygen atoms in total. The Balaban J connectivity index is 2.53. The van der Waals surface area contributed by atoms with E-state index >= 15 is 0 Å². The van der Waals surface area contributed by atoms with Crippen molar-refractivity contribution in [3.8, 4) is 0 Å². The number of nitrogens with zero attached hydrogens (tertiary/aromatic N) is 1. The number of aliphatic imine (C=N–C) groups is 1. The maximum atomic E-state index is 4.87. The lowest BCUT2D eigenvalue weighted by molar-refractivity contribution is 0.239. The highest BCUT2D eigenvalue weighted by Gasteiger charge is 2.26. The van der Waals surface area contributed by atoms with E-state index in [4.69, 9.17) is 4.74 Å². The van der Waals surface area contributed by atoms with Crippen LogP contribution in [0.1, 0.15) is 20.8 Å². The molecule has 0 fully saturated rings. The van der Waals surface area contributed by atoms with Crippen LogP contribution in [0.25, 0.3) is 0 Å². The van der Waals surface area contributed by atoms with E-state index < -0.39 is 0 Å². The molecule has 1 atom stereocenters. The Hall–Kier alpha value is -0.530. The first-order chi connectivity index (χ1) is 4.11. The number of hydrogen-bond acceptors (Lipinski definition) is 2. The van der Waals surface area contributed by atoms with Crippen molar-refractivity contribution < 1.29 is 4.74 Å². The van der Waals surface area contributed by atoms with E-state index in [1.54, 1.807) is 0 Å². The van der Waals surface area contributed by atoms with Gasteiger partial charge in [0.15, 0.2) is 0 Å². The van der Waals surface area contributed by atoms with Crippen LogP contribution < -0.4 is 0 Å². The standard InChI is InChI=1S/C7H12NO/c1-7(2,3)6-4-9-5-8-6/h6H,4H2,1-3H3/t6-/m1/s1. The fourth-order valence-electron chi connectivity index (χ4n) is 0.698. The molecule has 0 N–H and O–H groups in total. The highest BCUT2D eigenvalue weighted by molar-refractivity contribution is 5.49. The van der Waals surface area contributed by atoms with E-state index in [1.165, 1.54) is 0 Å². The zero-order valence-corrected chi connectivity index (χ0v) is 6.14. The van der Waals surface area contributed by atoms with Crippen LogP contribution in [0.15, 0.2) is 4.99 Å². The molecule has 9 heavy (non-hydrogen) atoms. The summed E-state index contributed by atoms with van der Waals surface area (Å²) >= 11 is 0. The number of ether oxygens (including phenoxy) is 1. The van der Waals surface area contributed by atoms with Gasteiger partial charge in [-0.05, 0) is 5.41 Å². The molecule has 0 aromatic rings. The normalized spacial score (nSPS) is 26.3. The number of hydrogen-bond donors (Lipinski definition) is 0. The lowest BCUT2D eigenvalue weighted by atomic mass is 9.88. The van der Waals surface area contributed by atoms with Gasteiger partial charge in [0.1, 0.15) is 6.61 Å². The maximum absolute atomic E-state index is 4.87. The molecule has 1 radical (unpaired) electrons. The van der Waals surface area contributed by atoms with E-state index in [2.05, 4.69) is 32.2 Å². The first-order valence-electron chi connectivity index (χ1n) is 3.17. The summed E-state index contributed by atoms with van der Waals surface area (Å²) in [5.41, 5.74) is 0.226. The molecule has 0 saturated carbocycles. The monoisotopic (exact) mass is 126 g/mol. The van der Waals surface area contributed by atoms with Crippen molar-refractivity contribution in [1.82, 2.24) is 0 Å². The van der Waals surface area contributed by atoms with Gasteiger partial charge >= 0.3 is 0 Å². The van der Waals surface area contributed by atoms with Gasteiger partial charge < -0.3 is 4.74 Å². The molecular weight excluding hydrogens is 114 g/mol. The highest BCUT2D eigenvalue weighted by atomic mass is 16.5. The summed E-state index contributed by atoms with van der Waals surface area (Å²) in [4.78, 5) is 4.03. The Morgan fingerprint density at radius 1 is 1.56 bits per heavy atom. The van der Waals surface area contributed by atoms with Crippen molar-refractivity contribution in [3.05, 3.63) is 0 Å². The third-order valence-corrected chi connectivity index (χ3v) is 1.51.